The first-order valence-electron chi connectivity index (χ1n) is 6.47. The van der Waals surface area contributed by atoms with E-state index in [4.69, 9.17) is 10.2 Å². The van der Waals surface area contributed by atoms with Crippen LogP contribution in [0.25, 0.3) is 11.0 Å². The largest absolute Gasteiger partial charge is 0.459 e. The highest BCUT2D eigenvalue weighted by Gasteiger charge is 2.14. The normalized spacial score (nSPS) is 12.5. The van der Waals surface area contributed by atoms with E-state index < -0.39 is 0 Å². The average molecular weight is 270 g/mol. The topological polar surface area (TPSA) is 51.2 Å². The fourth-order valence-electron chi connectivity index (χ4n) is 2.20. The second-order valence-corrected chi connectivity index (χ2v) is 4.63. The van der Waals surface area contributed by atoms with Gasteiger partial charge in [-0.3, -0.25) is 0 Å². The number of rotatable bonds is 4. The summed E-state index contributed by atoms with van der Waals surface area (Å²) >= 11 is 0. The van der Waals surface area contributed by atoms with Crippen molar-refractivity contribution in [2.75, 3.05) is 11.9 Å². The number of para-hydroxylation sites is 1. The number of hydrogen-bond acceptors (Lipinski definition) is 3. The monoisotopic (exact) mass is 270 g/mol. The lowest BCUT2D eigenvalue weighted by Crippen LogP contribution is -2.20. The van der Waals surface area contributed by atoms with Gasteiger partial charge in [-0.15, -0.1) is 0 Å². The minimum Gasteiger partial charge on any atom is -0.459 e. The summed E-state index contributed by atoms with van der Waals surface area (Å²) in [5, 5.41) is 4.22. The van der Waals surface area contributed by atoms with Crippen LogP contribution in [0, 0.1) is 5.82 Å². The van der Waals surface area contributed by atoms with Crippen molar-refractivity contribution >= 4 is 16.7 Å². The van der Waals surface area contributed by atoms with Crippen LogP contribution in [0.5, 0.6) is 0 Å². The van der Waals surface area contributed by atoms with Gasteiger partial charge in [-0.1, -0.05) is 24.3 Å². The lowest BCUT2D eigenvalue weighted by Gasteiger charge is -2.15. The van der Waals surface area contributed by atoms with Crippen LogP contribution < -0.4 is 11.1 Å². The molecular formula is C16H15FN2O. The highest BCUT2D eigenvalue weighted by atomic mass is 19.1. The third-order valence-corrected chi connectivity index (χ3v) is 3.19. The number of hydrogen-bond donors (Lipinski definition) is 2. The second-order valence-electron chi connectivity index (χ2n) is 4.63. The quantitative estimate of drug-likeness (QED) is 0.760. The van der Waals surface area contributed by atoms with E-state index in [9.17, 15) is 4.39 Å². The minimum atomic E-state index is -0.282. The lowest BCUT2D eigenvalue weighted by molar-refractivity contribution is 0.514. The molecule has 1 unspecified atom stereocenters. The zero-order valence-electron chi connectivity index (χ0n) is 10.8. The Hall–Kier alpha value is -2.33. The summed E-state index contributed by atoms with van der Waals surface area (Å²) < 4.78 is 19.0. The molecule has 2 aromatic carbocycles. The third kappa shape index (κ3) is 2.51. The van der Waals surface area contributed by atoms with E-state index in [2.05, 4.69) is 5.32 Å². The molecule has 0 aliphatic carbocycles. The summed E-state index contributed by atoms with van der Waals surface area (Å²) in [6, 6.07) is 15.8. The average Bonchev–Trinajstić information content (AvgIpc) is 2.88. The summed E-state index contributed by atoms with van der Waals surface area (Å²) in [7, 11) is 0. The van der Waals surface area contributed by atoms with E-state index in [1.54, 1.807) is 12.1 Å². The molecule has 0 amide bonds. The predicted octanol–water partition coefficient (Wildman–Crippen LogP) is 3.68. The fraction of sp³-hybridized carbons (Fsp3) is 0.125. The molecule has 102 valence electrons. The Morgan fingerprint density at radius 2 is 1.95 bits per heavy atom. The molecule has 3 aromatic rings. The van der Waals surface area contributed by atoms with Gasteiger partial charge in [-0.05, 0) is 30.3 Å². The molecule has 20 heavy (non-hydrogen) atoms. The number of furan rings is 1. The molecule has 0 spiro atoms. The van der Waals surface area contributed by atoms with Crippen molar-refractivity contribution in [2.45, 2.75) is 6.04 Å². The zero-order valence-corrected chi connectivity index (χ0v) is 10.8. The van der Waals surface area contributed by atoms with Crippen LogP contribution in [0.15, 0.2) is 59.0 Å². The Bertz CT molecular complexity index is 690. The molecule has 3 rings (SSSR count). The molecule has 0 fully saturated rings. The lowest BCUT2D eigenvalue weighted by atomic mass is 10.2. The second kappa shape index (κ2) is 5.35. The van der Waals surface area contributed by atoms with Gasteiger partial charge in [0.15, 0.2) is 0 Å². The van der Waals surface area contributed by atoms with Gasteiger partial charge in [0.25, 0.3) is 0 Å². The van der Waals surface area contributed by atoms with E-state index in [1.807, 2.05) is 30.3 Å². The molecule has 0 aliphatic heterocycles. The number of fused-ring (bicyclic) bond motifs is 1. The van der Waals surface area contributed by atoms with Crippen molar-refractivity contribution in [2.24, 2.45) is 5.73 Å². The fourth-order valence-corrected chi connectivity index (χ4v) is 2.20. The summed E-state index contributed by atoms with van der Waals surface area (Å²) in [4.78, 5) is 0. The van der Waals surface area contributed by atoms with Gasteiger partial charge in [-0.2, -0.15) is 0 Å². The van der Waals surface area contributed by atoms with Crippen molar-refractivity contribution in [3.05, 3.63) is 66.2 Å². The molecule has 0 saturated heterocycles. The molecule has 4 heteroatoms. The first kappa shape index (κ1) is 12.7. The molecule has 3 N–H and O–H groups in total. The van der Waals surface area contributed by atoms with Gasteiger partial charge in [0, 0.05) is 17.6 Å². The van der Waals surface area contributed by atoms with Gasteiger partial charge in [0.05, 0.1) is 6.04 Å². The predicted molar refractivity (Wildman–Crippen MR) is 78.0 cm³/mol. The molecule has 0 radical (unpaired) electrons. The van der Waals surface area contributed by atoms with E-state index in [0.717, 1.165) is 16.7 Å². The van der Waals surface area contributed by atoms with Crippen LogP contribution >= 0.6 is 0 Å². The minimum absolute atomic E-state index is 0.191. The van der Waals surface area contributed by atoms with Crippen molar-refractivity contribution in [3.8, 4) is 0 Å². The SMILES string of the molecule is NCC(Nc1cccc(F)c1)c1cc2ccccc2o1. The summed E-state index contributed by atoms with van der Waals surface area (Å²) in [5.41, 5.74) is 7.30. The van der Waals surface area contributed by atoms with Crippen LogP contribution in [0.2, 0.25) is 0 Å². The Morgan fingerprint density at radius 1 is 1.10 bits per heavy atom. The van der Waals surface area contributed by atoms with E-state index in [0.29, 0.717) is 12.2 Å². The Balaban J connectivity index is 1.89. The smallest absolute Gasteiger partial charge is 0.134 e. The van der Waals surface area contributed by atoms with Gasteiger partial charge < -0.3 is 15.5 Å². The highest BCUT2D eigenvalue weighted by Crippen LogP contribution is 2.26. The van der Waals surface area contributed by atoms with Gasteiger partial charge >= 0.3 is 0 Å². The van der Waals surface area contributed by atoms with Crippen LogP contribution in [0.3, 0.4) is 0 Å². The van der Waals surface area contributed by atoms with Crippen LogP contribution in [-0.4, -0.2) is 6.54 Å². The standard InChI is InChI=1S/C16H15FN2O/c17-12-5-3-6-13(9-12)19-14(10-18)16-8-11-4-1-2-7-15(11)20-16/h1-9,14,19H,10,18H2. The maximum absolute atomic E-state index is 13.2. The van der Waals surface area contributed by atoms with Gasteiger partial charge in [-0.25, -0.2) is 4.39 Å². The summed E-state index contributed by atoms with van der Waals surface area (Å²) in [6.45, 7) is 0.357. The van der Waals surface area contributed by atoms with Crippen LogP contribution in [-0.2, 0) is 0 Å². The van der Waals surface area contributed by atoms with E-state index in [1.165, 1.54) is 12.1 Å². The molecular weight excluding hydrogens is 255 g/mol. The molecule has 0 aliphatic rings. The van der Waals surface area contributed by atoms with Crippen molar-refractivity contribution in [1.82, 2.24) is 0 Å². The molecule has 1 aromatic heterocycles. The number of nitrogens with two attached hydrogens (primary N) is 1. The van der Waals surface area contributed by atoms with Crippen molar-refractivity contribution < 1.29 is 8.81 Å². The Labute approximate surface area is 116 Å². The van der Waals surface area contributed by atoms with Crippen LogP contribution in [0.4, 0.5) is 10.1 Å². The number of anilines is 1. The number of benzene rings is 2. The third-order valence-electron chi connectivity index (χ3n) is 3.19. The zero-order chi connectivity index (χ0) is 13.9. The van der Waals surface area contributed by atoms with Gasteiger partial charge in [0.1, 0.15) is 17.2 Å². The number of halogens is 1. The molecule has 3 nitrogen and oxygen atoms in total. The molecule has 0 saturated carbocycles. The van der Waals surface area contributed by atoms with Gasteiger partial charge in [0.2, 0.25) is 0 Å². The summed E-state index contributed by atoms with van der Waals surface area (Å²) in [6.07, 6.45) is 0. The van der Waals surface area contributed by atoms with E-state index >= 15 is 0 Å². The Morgan fingerprint density at radius 3 is 2.70 bits per heavy atom. The highest BCUT2D eigenvalue weighted by molar-refractivity contribution is 5.78. The molecule has 0 bridgehead atoms. The summed E-state index contributed by atoms with van der Waals surface area (Å²) in [5.74, 6) is 0.466. The molecule has 1 heterocycles. The van der Waals surface area contributed by atoms with E-state index in [-0.39, 0.29) is 11.9 Å². The Kier molecular flexibility index (Phi) is 3.39. The van der Waals surface area contributed by atoms with Crippen LogP contribution in [0.1, 0.15) is 11.8 Å². The maximum atomic E-state index is 13.2. The molecule has 1 atom stereocenters. The first-order chi connectivity index (χ1) is 9.76. The first-order valence-corrected chi connectivity index (χ1v) is 6.47. The maximum Gasteiger partial charge on any atom is 0.134 e. The van der Waals surface area contributed by atoms with Crippen molar-refractivity contribution in [1.29, 1.82) is 0 Å². The number of nitrogens with one attached hydrogen (secondary N) is 1. The van der Waals surface area contributed by atoms with Crippen molar-refractivity contribution in [3.63, 3.8) is 0 Å².